The first-order valence-corrected chi connectivity index (χ1v) is 13.7. The molecule has 2 aromatic rings. The Labute approximate surface area is 241 Å². The van der Waals surface area contributed by atoms with E-state index in [-0.39, 0.29) is 17.2 Å². The second-order valence-electron chi connectivity index (χ2n) is 8.63. The number of hydrogen-bond acceptors (Lipinski definition) is 3. The van der Waals surface area contributed by atoms with Gasteiger partial charge in [0.25, 0.3) is 5.91 Å². The second-order valence-corrected chi connectivity index (χ2v) is 11.9. The minimum Gasteiger partial charge on any atom is -0.349 e. The van der Waals surface area contributed by atoms with Gasteiger partial charge in [0.1, 0.15) is 17.5 Å². The van der Waals surface area contributed by atoms with Crippen molar-refractivity contribution in [3.8, 4) is 0 Å². The summed E-state index contributed by atoms with van der Waals surface area (Å²) in [6.45, 7) is 0.919. The van der Waals surface area contributed by atoms with Crippen molar-refractivity contribution in [1.82, 2.24) is 5.32 Å². The molecule has 0 fully saturated rings. The maximum Gasteiger partial charge on any atom is 0.417 e. The highest BCUT2D eigenvalue weighted by Gasteiger charge is 2.41. The van der Waals surface area contributed by atoms with E-state index < -0.39 is 95.9 Å². The monoisotopic (exact) mass is 681 g/mol. The van der Waals surface area contributed by atoms with Crippen molar-refractivity contribution in [3.63, 3.8) is 0 Å². The van der Waals surface area contributed by atoms with Gasteiger partial charge in [-0.2, -0.15) is 39.5 Å². The van der Waals surface area contributed by atoms with E-state index >= 15 is 0 Å². The summed E-state index contributed by atoms with van der Waals surface area (Å²) >= 11 is 17.2. The third-order valence-corrected chi connectivity index (χ3v) is 8.11. The van der Waals surface area contributed by atoms with Crippen LogP contribution in [-0.2, 0) is 16.0 Å². The molecule has 1 N–H and O–H groups in total. The molecule has 0 aliphatic carbocycles. The highest BCUT2D eigenvalue weighted by molar-refractivity contribution is 7.91. The Hall–Kier alpha value is -2.23. The Morgan fingerprint density at radius 3 is 1.95 bits per heavy atom. The van der Waals surface area contributed by atoms with Crippen LogP contribution in [0.2, 0.25) is 15.1 Å². The van der Waals surface area contributed by atoms with Crippen molar-refractivity contribution in [2.75, 3.05) is 11.5 Å². The van der Waals surface area contributed by atoms with Gasteiger partial charge in [-0.15, -0.1) is 0 Å². The fourth-order valence-corrected chi connectivity index (χ4v) is 5.61. The summed E-state index contributed by atoms with van der Waals surface area (Å²) in [5.74, 6) is -9.61. The Morgan fingerprint density at radius 2 is 1.49 bits per heavy atom. The molecule has 0 bridgehead atoms. The molecule has 0 unspecified atom stereocenters. The van der Waals surface area contributed by atoms with Gasteiger partial charge in [0.05, 0.1) is 31.9 Å². The van der Waals surface area contributed by atoms with Crippen LogP contribution in [0.4, 0.5) is 43.9 Å². The van der Waals surface area contributed by atoms with Crippen LogP contribution in [0.1, 0.15) is 39.9 Å². The summed E-state index contributed by atoms with van der Waals surface area (Å²) < 4.78 is 158. The molecule has 41 heavy (non-hydrogen) atoms. The Kier molecular flexibility index (Phi) is 10.7. The summed E-state index contributed by atoms with van der Waals surface area (Å²) in [6, 6.07) is 0.899. The van der Waals surface area contributed by atoms with E-state index in [0.717, 1.165) is 19.1 Å². The molecule has 0 aliphatic rings. The quantitative estimate of drug-likeness (QED) is 0.225. The normalized spacial score (nSPS) is 15.0. The lowest BCUT2D eigenvalue weighted by Gasteiger charge is -2.20. The molecule has 0 heterocycles. The zero-order chi connectivity index (χ0) is 31.7. The highest BCUT2D eigenvalue weighted by atomic mass is 35.5. The summed E-state index contributed by atoms with van der Waals surface area (Å²) in [5, 5.41) is 0.697. The first-order chi connectivity index (χ1) is 18.4. The topological polar surface area (TPSA) is 63.2 Å². The average molecular weight is 683 g/mol. The molecule has 4 nitrogen and oxygen atoms in total. The number of benzene rings is 2. The van der Waals surface area contributed by atoms with Gasteiger partial charge in [0.15, 0.2) is 9.84 Å². The van der Waals surface area contributed by atoms with Crippen LogP contribution < -0.4 is 5.32 Å². The summed E-state index contributed by atoms with van der Waals surface area (Å²) in [5.41, 5.74) is -4.72. The van der Waals surface area contributed by atoms with Crippen LogP contribution in [0, 0.1) is 0 Å². The van der Waals surface area contributed by atoms with E-state index in [1.165, 1.54) is 0 Å². The number of alkyl halides is 9. The van der Waals surface area contributed by atoms with Crippen LogP contribution in [0.25, 0.3) is 5.83 Å². The molecule has 0 saturated heterocycles. The van der Waals surface area contributed by atoms with Crippen molar-refractivity contribution in [2.45, 2.75) is 37.4 Å². The average Bonchev–Trinajstić information content (AvgIpc) is 2.76. The standard InChI is InChI=1S/C23H16Cl3F10NO3S/c1-10(8-41(39,40)9-21(28,29)30)37-20(38)13-3-2-11(4-15(13)23(34,35)36)18(27)7-14(22(31,32)33)12-5-16(24)19(26)17(25)6-12/h2-7,10,14H,8-9H2,1H3,(H,37,38)/b18-7-/t10-,14+/m1/s1. The minimum atomic E-state index is -5.37. The third-order valence-electron chi connectivity index (χ3n) is 5.14. The first kappa shape index (κ1) is 35.0. The van der Waals surface area contributed by atoms with E-state index in [9.17, 15) is 57.1 Å². The lowest BCUT2D eigenvalue weighted by Crippen LogP contribution is -2.40. The fraction of sp³-hybridized carbons (Fsp3) is 0.348. The van der Waals surface area contributed by atoms with Crippen molar-refractivity contribution < 1.29 is 57.1 Å². The predicted octanol–water partition coefficient (Wildman–Crippen LogP) is 8.42. The van der Waals surface area contributed by atoms with Gasteiger partial charge < -0.3 is 5.32 Å². The number of allylic oxidation sites excluding steroid dienone is 1. The molecule has 2 rings (SSSR count). The SMILES string of the molecule is C[C@H](CS(=O)(=O)CC(F)(F)F)NC(=O)c1ccc(/C(F)=C/[C@@H](c2cc(Cl)c(Cl)c(Cl)c2)C(F)(F)F)cc1C(F)(F)F. The Balaban J connectivity index is 2.46. The summed E-state index contributed by atoms with van der Waals surface area (Å²) in [7, 11) is -4.81. The molecule has 228 valence electrons. The smallest absolute Gasteiger partial charge is 0.349 e. The second kappa shape index (κ2) is 12.6. The molecule has 0 aliphatic heterocycles. The number of amides is 1. The zero-order valence-corrected chi connectivity index (χ0v) is 23.2. The van der Waals surface area contributed by atoms with Crippen LogP contribution >= 0.6 is 34.8 Å². The maximum absolute atomic E-state index is 15.0. The molecule has 0 radical (unpaired) electrons. The van der Waals surface area contributed by atoms with E-state index in [1.54, 1.807) is 0 Å². The van der Waals surface area contributed by atoms with Gasteiger partial charge in [-0.05, 0) is 42.8 Å². The zero-order valence-electron chi connectivity index (χ0n) is 20.1. The van der Waals surface area contributed by atoms with Gasteiger partial charge in [0, 0.05) is 11.6 Å². The molecule has 0 spiro atoms. The number of hydrogen-bond donors (Lipinski definition) is 1. The number of halogens is 13. The predicted molar refractivity (Wildman–Crippen MR) is 132 cm³/mol. The molecule has 2 aromatic carbocycles. The lowest BCUT2D eigenvalue weighted by atomic mass is 9.95. The van der Waals surface area contributed by atoms with Gasteiger partial charge in [-0.25, -0.2) is 12.8 Å². The summed E-state index contributed by atoms with van der Waals surface area (Å²) in [6.07, 6.45) is -15.7. The van der Waals surface area contributed by atoms with Crippen molar-refractivity contribution in [2.24, 2.45) is 0 Å². The molecule has 0 aromatic heterocycles. The van der Waals surface area contributed by atoms with Crippen LogP contribution in [0.3, 0.4) is 0 Å². The molecular formula is C23H16Cl3F10NO3S. The lowest BCUT2D eigenvalue weighted by molar-refractivity contribution is -0.140. The van der Waals surface area contributed by atoms with E-state index in [4.69, 9.17) is 34.8 Å². The Morgan fingerprint density at radius 1 is 0.951 bits per heavy atom. The summed E-state index contributed by atoms with van der Waals surface area (Å²) in [4.78, 5) is 12.4. The molecule has 18 heteroatoms. The van der Waals surface area contributed by atoms with Crippen LogP contribution in [0.15, 0.2) is 36.4 Å². The fourth-order valence-electron chi connectivity index (χ4n) is 3.53. The molecule has 0 saturated carbocycles. The van der Waals surface area contributed by atoms with Gasteiger partial charge in [-0.3, -0.25) is 4.79 Å². The first-order valence-electron chi connectivity index (χ1n) is 10.8. The number of carbonyl (C=O) groups excluding carboxylic acids is 1. The van der Waals surface area contributed by atoms with Crippen LogP contribution in [-0.4, -0.2) is 44.2 Å². The molecule has 1 amide bonds. The van der Waals surface area contributed by atoms with Crippen molar-refractivity contribution >= 4 is 56.4 Å². The van der Waals surface area contributed by atoms with Crippen molar-refractivity contribution in [3.05, 3.63) is 73.7 Å². The van der Waals surface area contributed by atoms with E-state index in [2.05, 4.69) is 0 Å². The largest absolute Gasteiger partial charge is 0.417 e. The van der Waals surface area contributed by atoms with E-state index in [0.29, 0.717) is 12.1 Å². The third kappa shape index (κ3) is 9.93. The van der Waals surface area contributed by atoms with Crippen LogP contribution in [0.5, 0.6) is 0 Å². The number of nitrogens with one attached hydrogen (secondary N) is 1. The van der Waals surface area contributed by atoms with Gasteiger partial charge in [-0.1, -0.05) is 40.9 Å². The number of rotatable bonds is 8. The number of sulfone groups is 1. The number of carbonyl (C=O) groups is 1. The minimum absolute atomic E-state index is 0.0427. The van der Waals surface area contributed by atoms with E-state index in [1.807, 2.05) is 5.32 Å². The van der Waals surface area contributed by atoms with Crippen molar-refractivity contribution in [1.29, 1.82) is 0 Å². The van der Waals surface area contributed by atoms with Gasteiger partial charge in [0.2, 0.25) is 0 Å². The van der Waals surface area contributed by atoms with Gasteiger partial charge >= 0.3 is 18.5 Å². The highest BCUT2D eigenvalue weighted by Crippen LogP contribution is 2.43. The Bertz CT molecular complexity index is 1410. The molecular weight excluding hydrogens is 667 g/mol. The maximum atomic E-state index is 15.0. The molecule has 2 atom stereocenters.